The van der Waals surface area contributed by atoms with Crippen molar-refractivity contribution >= 4 is 41.4 Å². The molecule has 0 saturated heterocycles. The smallest absolute Gasteiger partial charge is 0.226 e. The van der Waals surface area contributed by atoms with E-state index in [2.05, 4.69) is 15.3 Å². The van der Waals surface area contributed by atoms with Crippen molar-refractivity contribution in [3.63, 3.8) is 0 Å². The molecule has 0 aliphatic heterocycles. The number of anilines is 3. The average Bonchev–Trinajstić information content (AvgIpc) is 2.49. The fourth-order valence-corrected chi connectivity index (χ4v) is 2.39. The third-order valence-electron chi connectivity index (χ3n) is 2.95. The maximum absolute atomic E-state index is 5.93. The monoisotopic (exact) mass is 329 g/mol. The molecule has 7 heteroatoms. The van der Waals surface area contributed by atoms with Crippen LogP contribution in [0, 0.1) is 4.77 Å². The number of nitrogens with zero attached hydrogens (tertiary/aromatic N) is 3. The molecule has 0 radical (unpaired) electrons. The summed E-state index contributed by atoms with van der Waals surface area (Å²) >= 11 is 11.2. The Bertz CT molecular complexity index is 846. The number of rotatable bonds is 3. The van der Waals surface area contributed by atoms with Crippen molar-refractivity contribution in [1.29, 1.82) is 0 Å². The Hall–Kier alpha value is -2.44. The van der Waals surface area contributed by atoms with Crippen LogP contribution in [0.5, 0.6) is 0 Å². The van der Waals surface area contributed by atoms with Crippen LogP contribution in [0.4, 0.5) is 17.6 Å². The zero-order chi connectivity index (χ0) is 15.5. The van der Waals surface area contributed by atoms with E-state index < -0.39 is 0 Å². The van der Waals surface area contributed by atoms with Gasteiger partial charge in [0.15, 0.2) is 0 Å². The Morgan fingerprint density at radius 2 is 1.68 bits per heavy atom. The molecule has 0 aliphatic rings. The molecule has 0 spiro atoms. The number of nitrogens with two attached hydrogens (primary N) is 1. The van der Waals surface area contributed by atoms with E-state index in [-0.39, 0.29) is 5.95 Å². The molecule has 1 heterocycles. The third-order valence-corrected chi connectivity index (χ3v) is 3.47. The molecule has 0 bridgehead atoms. The summed E-state index contributed by atoms with van der Waals surface area (Å²) in [5, 5.41) is 3.84. The van der Waals surface area contributed by atoms with Crippen LogP contribution >= 0.6 is 23.8 Å². The van der Waals surface area contributed by atoms with Crippen molar-refractivity contribution in [2.75, 3.05) is 11.1 Å². The SMILES string of the molecule is Nc1nc(Nc2ccccc2)n(-c2ccc(Cl)cc2)c(=S)n1. The molecule has 3 N–H and O–H groups in total. The molecule has 0 aliphatic carbocycles. The molecule has 3 aromatic rings. The summed E-state index contributed by atoms with van der Waals surface area (Å²) in [7, 11) is 0. The van der Waals surface area contributed by atoms with Crippen molar-refractivity contribution in [1.82, 2.24) is 14.5 Å². The number of para-hydroxylation sites is 1. The summed E-state index contributed by atoms with van der Waals surface area (Å²) in [5.74, 6) is 0.611. The molecule has 22 heavy (non-hydrogen) atoms. The van der Waals surface area contributed by atoms with Crippen LogP contribution in [-0.4, -0.2) is 14.5 Å². The molecule has 2 aromatic carbocycles. The minimum atomic E-state index is 0.119. The second kappa shape index (κ2) is 6.13. The van der Waals surface area contributed by atoms with Gasteiger partial charge < -0.3 is 11.1 Å². The van der Waals surface area contributed by atoms with Crippen molar-refractivity contribution < 1.29 is 0 Å². The van der Waals surface area contributed by atoms with Crippen LogP contribution in [0.1, 0.15) is 0 Å². The van der Waals surface area contributed by atoms with E-state index >= 15 is 0 Å². The number of halogens is 1. The Morgan fingerprint density at radius 3 is 2.36 bits per heavy atom. The Morgan fingerprint density at radius 1 is 1.00 bits per heavy atom. The zero-order valence-electron chi connectivity index (χ0n) is 11.4. The number of hydrogen-bond donors (Lipinski definition) is 2. The Kier molecular flexibility index (Phi) is 4.04. The van der Waals surface area contributed by atoms with E-state index in [4.69, 9.17) is 29.6 Å². The molecule has 3 rings (SSSR count). The Balaban J connectivity index is 2.12. The quantitative estimate of drug-likeness (QED) is 0.711. The highest BCUT2D eigenvalue weighted by atomic mass is 35.5. The van der Waals surface area contributed by atoms with Crippen molar-refractivity contribution in [3.05, 3.63) is 64.4 Å². The van der Waals surface area contributed by atoms with Gasteiger partial charge in [-0.25, -0.2) is 0 Å². The first-order valence-corrected chi connectivity index (χ1v) is 7.27. The van der Waals surface area contributed by atoms with Gasteiger partial charge in [-0.15, -0.1) is 0 Å². The van der Waals surface area contributed by atoms with Crippen LogP contribution in [0.25, 0.3) is 5.69 Å². The fourth-order valence-electron chi connectivity index (χ4n) is 1.98. The highest BCUT2D eigenvalue weighted by Crippen LogP contribution is 2.21. The van der Waals surface area contributed by atoms with E-state index in [1.54, 1.807) is 16.7 Å². The van der Waals surface area contributed by atoms with Gasteiger partial charge in [-0.1, -0.05) is 29.8 Å². The van der Waals surface area contributed by atoms with Crippen molar-refractivity contribution in [2.45, 2.75) is 0 Å². The topological polar surface area (TPSA) is 68.8 Å². The van der Waals surface area contributed by atoms with Gasteiger partial charge in [-0.05, 0) is 48.6 Å². The second-order valence-electron chi connectivity index (χ2n) is 4.49. The van der Waals surface area contributed by atoms with Crippen LogP contribution < -0.4 is 11.1 Å². The highest BCUT2D eigenvalue weighted by Gasteiger charge is 2.09. The minimum Gasteiger partial charge on any atom is -0.368 e. The molecular formula is C15H12ClN5S. The minimum absolute atomic E-state index is 0.119. The summed E-state index contributed by atoms with van der Waals surface area (Å²) in [4.78, 5) is 8.29. The lowest BCUT2D eigenvalue weighted by atomic mass is 10.3. The molecule has 0 fully saturated rings. The van der Waals surface area contributed by atoms with Crippen molar-refractivity contribution in [2.24, 2.45) is 0 Å². The largest absolute Gasteiger partial charge is 0.368 e. The van der Waals surface area contributed by atoms with Gasteiger partial charge in [0.1, 0.15) is 0 Å². The average molecular weight is 330 g/mol. The summed E-state index contributed by atoms with van der Waals surface area (Å²) in [6.07, 6.45) is 0. The van der Waals surface area contributed by atoms with Crippen molar-refractivity contribution in [3.8, 4) is 5.69 Å². The maximum atomic E-state index is 5.93. The number of benzene rings is 2. The Labute approximate surface area is 137 Å². The summed E-state index contributed by atoms with van der Waals surface area (Å²) in [6, 6.07) is 16.9. The van der Waals surface area contributed by atoms with Crippen LogP contribution in [0.2, 0.25) is 5.02 Å². The first kappa shape index (κ1) is 14.5. The molecule has 0 amide bonds. The maximum Gasteiger partial charge on any atom is 0.226 e. The molecule has 110 valence electrons. The van der Waals surface area contributed by atoms with E-state index in [9.17, 15) is 0 Å². The van der Waals surface area contributed by atoms with Gasteiger partial charge in [0.2, 0.25) is 16.7 Å². The number of aromatic nitrogens is 3. The molecule has 5 nitrogen and oxygen atoms in total. The number of nitrogens with one attached hydrogen (secondary N) is 1. The lowest BCUT2D eigenvalue weighted by Crippen LogP contribution is -2.11. The standard InChI is InChI=1S/C15H12ClN5S/c16-10-6-8-12(9-7-10)21-14(19-13(17)20-15(21)22)18-11-4-2-1-3-5-11/h1-9H,(H3,17,18,19,20,22). The lowest BCUT2D eigenvalue weighted by molar-refractivity contribution is 0.915. The predicted molar refractivity (Wildman–Crippen MR) is 91.3 cm³/mol. The van der Waals surface area contributed by atoms with Gasteiger partial charge in [0.05, 0.1) is 5.69 Å². The van der Waals surface area contributed by atoms with Crippen LogP contribution in [-0.2, 0) is 0 Å². The van der Waals surface area contributed by atoms with E-state index in [1.807, 2.05) is 42.5 Å². The van der Waals surface area contributed by atoms with E-state index in [0.717, 1.165) is 11.4 Å². The fraction of sp³-hybridized carbons (Fsp3) is 0. The zero-order valence-corrected chi connectivity index (χ0v) is 13.0. The normalized spacial score (nSPS) is 10.4. The van der Waals surface area contributed by atoms with E-state index in [1.165, 1.54) is 0 Å². The van der Waals surface area contributed by atoms with E-state index in [0.29, 0.717) is 15.7 Å². The van der Waals surface area contributed by atoms with Gasteiger partial charge in [-0.3, -0.25) is 4.57 Å². The first-order valence-electron chi connectivity index (χ1n) is 6.48. The van der Waals surface area contributed by atoms with Crippen LogP contribution in [0.3, 0.4) is 0 Å². The molecule has 0 unspecified atom stereocenters. The summed E-state index contributed by atoms with van der Waals surface area (Å²) in [5.41, 5.74) is 7.39. The molecule has 1 aromatic heterocycles. The number of hydrogen-bond acceptors (Lipinski definition) is 5. The number of nitrogen functional groups attached to an aromatic ring is 1. The molecule has 0 atom stereocenters. The summed E-state index contributed by atoms with van der Waals surface area (Å²) < 4.78 is 2.02. The second-order valence-corrected chi connectivity index (χ2v) is 5.29. The van der Waals surface area contributed by atoms with Gasteiger partial charge in [0.25, 0.3) is 0 Å². The van der Waals surface area contributed by atoms with Gasteiger partial charge in [-0.2, -0.15) is 9.97 Å². The molecule has 0 saturated carbocycles. The highest BCUT2D eigenvalue weighted by molar-refractivity contribution is 7.71. The molecular weight excluding hydrogens is 318 g/mol. The first-order chi connectivity index (χ1) is 10.6. The predicted octanol–water partition coefficient (Wildman–Crippen LogP) is 3.98. The van der Waals surface area contributed by atoms with Gasteiger partial charge in [0, 0.05) is 10.7 Å². The van der Waals surface area contributed by atoms with Crippen LogP contribution in [0.15, 0.2) is 54.6 Å². The third kappa shape index (κ3) is 3.08. The van der Waals surface area contributed by atoms with Gasteiger partial charge >= 0.3 is 0 Å². The lowest BCUT2D eigenvalue weighted by Gasteiger charge is -2.14. The summed E-state index contributed by atoms with van der Waals surface area (Å²) in [6.45, 7) is 0.